The molecule has 0 unspecified atom stereocenters. The van der Waals surface area contributed by atoms with Crippen molar-refractivity contribution < 1.29 is 0 Å². The lowest BCUT2D eigenvalue weighted by Gasteiger charge is -2.20. The van der Waals surface area contributed by atoms with Gasteiger partial charge in [-0.05, 0) is 30.2 Å². The molecular formula is C12H18S. The third kappa shape index (κ3) is 2.84. The van der Waals surface area contributed by atoms with Gasteiger partial charge in [0.1, 0.15) is 0 Å². The molecule has 1 aliphatic rings. The van der Waals surface area contributed by atoms with Crippen molar-refractivity contribution in [1.29, 1.82) is 0 Å². The molecule has 0 bridgehead atoms. The molecule has 0 amide bonds. The predicted octanol–water partition coefficient (Wildman–Crippen LogP) is 4.26. The van der Waals surface area contributed by atoms with Crippen LogP contribution in [0.4, 0.5) is 0 Å². The van der Waals surface area contributed by atoms with Gasteiger partial charge in [0.05, 0.1) is 0 Å². The van der Waals surface area contributed by atoms with E-state index < -0.39 is 0 Å². The molecule has 2 rings (SSSR count). The molecule has 0 atom stereocenters. The number of rotatable bonds is 3. The first-order valence-corrected chi connectivity index (χ1v) is 6.35. The van der Waals surface area contributed by atoms with Crippen molar-refractivity contribution in [2.24, 2.45) is 5.92 Å². The molecule has 1 saturated carbocycles. The van der Waals surface area contributed by atoms with Crippen LogP contribution in [0, 0.1) is 5.92 Å². The van der Waals surface area contributed by atoms with Crippen molar-refractivity contribution in [2.45, 2.75) is 44.9 Å². The Morgan fingerprint density at radius 3 is 2.77 bits per heavy atom. The maximum Gasteiger partial charge on any atom is 0.00453 e. The van der Waals surface area contributed by atoms with Crippen molar-refractivity contribution in [2.75, 3.05) is 0 Å². The quantitative estimate of drug-likeness (QED) is 0.674. The lowest BCUT2D eigenvalue weighted by atomic mass is 9.86. The second-order valence-electron chi connectivity index (χ2n) is 4.12. The van der Waals surface area contributed by atoms with E-state index in [9.17, 15) is 0 Å². The molecule has 0 nitrogen and oxygen atoms in total. The molecule has 1 aromatic heterocycles. The third-order valence-electron chi connectivity index (χ3n) is 3.10. The first kappa shape index (κ1) is 9.26. The van der Waals surface area contributed by atoms with E-state index in [-0.39, 0.29) is 0 Å². The van der Waals surface area contributed by atoms with Crippen molar-refractivity contribution in [1.82, 2.24) is 0 Å². The number of aryl methyl sites for hydroxylation is 1. The zero-order chi connectivity index (χ0) is 8.93. The first-order valence-electron chi connectivity index (χ1n) is 5.47. The van der Waals surface area contributed by atoms with Gasteiger partial charge in [0.15, 0.2) is 0 Å². The van der Waals surface area contributed by atoms with Crippen molar-refractivity contribution in [3.63, 3.8) is 0 Å². The van der Waals surface area contributed by atoms with E-state index in [1.54, 1.807) is 4.88 Å². The van der Waals surface area contributed by atoms with Gasteiger partial charge in [-0.1, -0.05) is 38.2 Å². The van der Waals surface area contributed by atoms with Crippen LogP contribution in [0.25, 0.3) is 0 Å². The van der Waals surface area contributed by atoms with Crippen LogP contribution in [0.3, 0.4) is 0 Å². The summed E-state index contributed by atoms with van der Waals surface area (Å²) in [5.41, 5.74) is 0. The smallest absolute Gasteiger partial charge is 0.00453 e. The van der Waals surface area contributed by atoms with E-state index in [0.29, 0.717) is 0 Å². The predicted molar refractivity (Wildman–Crippen MR) is 59.2 cm³/mol. The molecular weight excluding hydrogens is 176 g/mol. The molecule has 1 heteroatoms. The number of hydrogen-bond acceptors (Lipinski definition) is 1. The van der Waals surface area contributed by atoms with Crippen molar-refractivity contribution in [3.05, 3.63) is 22.4 Å². The molecule has 1 heterocycles. The lowest BCUT2D eigenvalue weighted by Crippen LogP contribution is -2.06. The summed E-state index contributed by atoms with van der Waals surface area (Å²) in [6, 6.07) is 4.44. The Kier molecular flexibility index (Phi) is 3.42. The van der Waals surface area contributed by atoms with Crippen molar-refractivity contribution >= 4 is 11.3 Å². The Bertz CT molecular complexity index is 219. The third-order valence-corrected chi connectivity index (χ3v) is 4.04. The van der Waals surface area contributed by atoms with Crippen LogP contribution in [-0.4, -0.2) is 0 Å². The molecule has 0 saturated heterocycles. The molecule has 0 aliphatic heterocycles. The molecule has 72 valence electrons. The normalized spacial score (nSPS) is 19.1. The van der Waals surface area contributed by atoms with Gasteiger partial charge in [-0.3, -0.25) is 0 Å². The summed E-state index contributed by atoms with van der Waals surface area (Å²) in [6.45, 7) is 0. The van der Waals surface area contributed by atoms with Gasteiger partial charge >= 0.3 is 0 Å². The summed E-state index contributed by atoms with van der Waals surface area (Å²) >= 11 is 1.91. The van der Waals surface area contributed by atoms with E-state index in [1.807, 2.05) is 11.3 Å². The minimum absolute atomic E-state index is 1.04. The first-order chi connectivity index (χ1) is 6.45. The fraction of sp³-hybridized carbons (Fsp3) is 0.667. The van der Waals surface area contributed by atoms with Gasteiger partial charge < -0.3 is 0 Å². The van der Waals surface area contributed by atoms with Gasteiger partial charge in [0.25, 0.3) is 0 Å². The molecule has 0 radical (unpaired) electrons. The van der Waals surface area contributed by atoms with Crippen LogP contribution in [0.15, 0.2) is 17.5 Å². The van der Waals surface area contributed by atoms with Crippen LogP contribution < -0.4 is 0 Å². The van der Waals surface area contributed by atoms with E-state index in [0.717, 1.165) is 5.92 Å². The molecule has 1 aliphatic carbocycles. The Labute approximate surface area is 85.0 Å². The summed E-state index contributed by atoms with van der Waals surface area (Å²) in [5, 5.41) is 2.19. The fourth-order valence-corrected chi connectivity index (χ4v) is 3.00. The zero-order valence-electron chi connectivity index (χ0n) is 8.17. The average molecular weight is 194 g/mol. The number of hydrogen-bond donors (Lipinski definition) is 0. The van der Waals surface area contributed by atoms with E-state index in [2.05, 4.69) is 17.5 Å². The summed E-state index contributed by atoms with van der Waals surface area (Å²) in [4.78, 5) is 1.57. The average Bonchev–Trinajstić information content (AvgIpc) is 2.69. The highest BCUT2D eigenvalue weighted by Gasteiger charge is 2.12. The van der Waals surface area contributed by atoms with Gasteiger partial charge in [-0.15, -0.1) is 11.3 Å². The fourth-order valence-electron chi connectivity index (χ4n) is 2.28. The standard InChI is InChI=1S/C12H18S/c1-2-5-11(6-3-1)8-9-12-7-4-10-13-12/h4,7,10-11H,1-3,5-6,8-9H2. The lowest BCUT2D eigenvalue weighted by molar-refractivity contribution is 0.340. The molecule has 1 aromatic rings. The molecule has 0 spiro atoms. The Hall–Kier alpha value is -0.300. The largest absolute Gasteiger partial charge is 0.149 e. The van der Waals surface area contributed by atoms with Crippen LogP contribution in [0.5, 0.6) is 0 Å². The van der Waals surface area contributed by atoms with E-state index >= 15 is 0 Å². The Morgan fingerprint density at radius 1 is 1.23 bits per heavy atom. The van der Waals surface area contributed by atoms with E-state index in [1.165, 1.54) is 44.9 Å². The van der Waals surface area contributed by atoms with Gasteiger partial charge in [0, 0.05) is 4.88 Å². The maximum absolute atomic E-state index is 2.27. The minimum atomic E-state index is 1.04. The monoisotopic (exact) mass is 194 g/mol. The van der Waals surface area contributed by atoms with Gasteiger partial charge in [-0.25, -0.2) is 0 Å². The highest BCUT2D eigenvalue weighted by atomic mass is 32.1. The summed E-state index contributed by atoms with van der Waals surface area (Å²) < 4.78 is 0. The summed E-state index contributed by atoms with van der Waals surface area (Å²) in [6.07, 6.45) is 10.2. The SMILES string of the molecule is c1csc(CCC2CCCCC2)c1. The summed E-state index contributed by atoms with van der Waals surface area (Å²) in [5.74, 6) is 1.04. The van der Waals surface area contributed by atoms with Crippen LogP contribution in [0.2, 0.25) is 0 Å². The van der Waals surface area contributed by atoms with Crippen LogP contribution >= 0.6 is 11.3 Å². The second kappa shape index (κ2) is 4.80. The molecule has 13 heavy (non-hydrogen) atoms. The summed E-state index contributed by atoms with van der Waals surface area (Å²) in [7, 11) is 0. The maximum atomic E-state index is 2.27. The van der Waals surface area contributed by atoms with Gasteiger partial charge in [0.2, 0.25) is 0 Å². The second-order valence-corrected chi connectivity index (χ2v) is 5.15. The number of thiophene rings is 1. The Morgan fingerprint density at radius 2 is 2.08 bits per heavy atom. The van der Waals surface area contributed by atoms with E-state index in [4.69, 9.17) is 0 Å². The topological polar surface area (TPSA) is 0 Å². The minimum Gasteiger partial charge on any atom is -0.149 e. The van der Waals surface area contributed by atoms with Crippen molar-refractivity contribution in [3.8, 4) is 0 Å². The molecule has 0 aromatic carbocycles. The molecule has 0 N–H and O–H groups in total. The molecule has 1 fully saturated rings. The van der Waals surface area contributed by atoms with Crippen LogP contribution in [-0.2, 0) is 6.42 Å². The highest BCUT2D eigenvalue weighted by molar-refractivity contribution is 7.09. The Balaban J connectivity index is 1.72. The van der Waals surface area contributed by atoms with Crippen LogP contribution in [0.1, 0.15) is 43.4 Å². The van der Waals surface area contributed by atoms with Gasteiger partial charge in [-0.2, -0.15) is 0 Å². The zero-order valence-corrected chi connectivity index (χ0v) is 8.98. The highest BCUT2D eigenvalue weighted by Crippen LogP contribution is 2.28.